The minimum Gasteiger partial charge on any atom is -0.298 e. The predicted octanol–water partition coefficient (Wildman–Crippen LogP) is 4.34. The molecule has 20 heavy (non-hydrogen) atoms. The predicted molar refractivity (Wildman–Crippen MR) is 77.3 cm³/mol. The second-order valence-electron chi connectivity index (χ2n) is 4.53. The number of hydrogen-bond donors (Lipinski definition) is 0. The Kier molecular flexibility index (Phi) is 4.15. The van der Waals surface area contributed by atoms with E-state index in [-0.39, 0.29) is 0 Å². The molecule has 2 aromatic carbocycles. The Morgan fingerprint density at radius 1 is 0.750 bits per heavy atom. The van der Waals surface area contributed by atoms with Crippen LogP contribution in [0.3, 0.4) is 0 Å². The quantitative estimate of drug-likeness (QED) is 0.610. The second-order valence-corrected chi connectivity index (χ2v) is 4.53. The highest BCUT2D eigenvalue weighted by molar-refractivity contribution is 5.78. The molecule has 0 heterocycles. The molecule has 0 atom stereocenters. The van der Waals surface area contributed by atoms with Gasteiger partial charge in [-0.3, -0.25) is 9.59 Å². The summed E-state index contributed by atoms with van der Waals surface area (Å²) < 4.78 is 0. The van der Waals surface area contributed by atoms with Crippen molar-refractivity contribution in [2.75, 3.05) is 0 Å². The molecule has 4 heteroatoms. The van der Waals surface area contributed by atoms with E-state index in [1.807, 2.05) is 26.0 Å². The van der Waals surface area contributed by atoms with Crippen LogP contribution in [0.25, 0.3) is 0 Å². The molecule has 0 aliphatic heterocycles. The molecule has 0 unspecified atom stereocenters. The lowest BCUT2D eigenvalue weighted by Crippen LogP contribution is -1.82. The van der Waals surface area contributed by atoms with Crippen molar-refractivity contribution in [1.29, 1.82) is 0 Å². The van der Waals surface area contributed by atoms with Gasteiger partial charge in [-0.2, -0.15) is 10.2 Å². The first-order valence-electron chi connectivity index (χ1n) is 6.17. The molecule has 0 bridgehead atoms. The Hall–Kier alpha value is -2.62. The average molecular weight is 266 g/mol. The van der Waals surface area contributed by atoms with Crippen molar-refractivity contribution in [3.8, 4) is 0 Å². The van der Waals surface area contributed by atoms with Gasteiger partial charge in [0, 0.05) is 11.1 Å². The van der Waals surface area contributed by atoms with Gasteiger partial charge < -0.3 is 0 Å². The van der Waals surface area contributed by atoms with Gasteiger partial charge in [0.15, 0.2) is 0 Å². The van der Waals surface area contributed by atoms with Crippen LogP contribution in [0.4, 0.5) is 11.4 Å². The summed E-state index contributed by atoms with van der Waals surface area (Å²) in [6.45, 7) is 3.80. The van der Waals surface area contributed by atoms with Crippen LogP contribution in [0.1, 0.15) is 31.8 Å². The van der Waals surface area contributed by atoms with Gasteiger partial charge in [0.05, 0.1) is 11.4 Å². The number of carbonyl (C=O) groups is 2. The van der Waals surface area contributed by atoms with E-state index in [2.05, 4.69) is 10.2 Å². The van der Waals surface area contributed by atoms with Crippen molar-refractivity contribution >= 4 is 23.9 Å². The number of hydrogen-bond acceptors (Lipinski definition) is 4. The van der Waals surface area contributed by atoms with Gasteiger partial charge in [0.1, 0.15) is 12.6 Å². The van der Waals surface area contributed by atoms with E-state index >= 15 is 0 Å². The molecule has 2 aromatic rings. The lowest BCUT2D eigenvalue weighted by molar-refractivity contribution is 0.111. The fourth-order valence-corrected chi connectivity index (χ4v) is 1.72. The molecule has 0 saturated heterocycles. The van der Waals surface area contributed by atoms with Gasteiger partial charge >= 0.3 is 0 Å². The van der Waals surface area contributed by atoms with Crippen molar-refractivity contribution in [1.82, 2.24) is 0 Å². The van der Waals surface area contributed by atoms with Gasteiger partial charge in [-0.05, 0) is 37.1 Å². The van der Waals surface area contributed by atoms with E-state index < -0.39 is 0 Å². The van der Waals surface area contributed by atoms with E-state index in [0.717, 1.165) is 23.7 Å². The SMILES string of the molecule is Cc1ccc(C=O)cc1N=Nc1cc(C=O)ccc1C. The van der Waals surface area contributed by atoms with Gasteiger partial charge in [-0.1, -0.05) is 24.3 Å². The second kappa shape index (κ2) is 6.02. The molecule has 0 amide bonds. The molecule has 0 N–H and O–H groups in total. The first kappa shape index (κ1) is 13.8. The third kappa shape index (κ3) is 3.03. The third-order valence-electron chi connectivity index (χ3n) is 3.00. The zero-order chi connectivity index (χ0) is 14.5. The van der Waals surface area contributed by atoms with Crippen molar-refractivity contribution in [3.63, 3.8) is 0 Å². The van der Waals surface area contributed by atoms with Crippen LogP contribution < -0.4 is 0 Å². The lowest BCUT2D eigenvalue weighted by atomic mass is 10.1. The summed E-state index contributed by atoms with van der Waals surface area (Å²) in [5.74, 6) is 0. The van der Waals surface area contributed by atoms with E-state index in [4.69, 9.17) is 0 Å². The Bertz CT molecular complexity index is 631. The van der Waals surface area contributed by atoms with Crippen LogP contribution in [0.5, 0.6) is 0 Å². The van der Waals surface area contributed by atoms with Crippen molar-refractivity contribution < 1.29 is 9.59 Å². The summed E-state index contributed by atoms with van der Waals surface area (Å²) in [4.78, 5) is 21.5. The molecular weight excluding hydrogens is 252 g/mol. The molecule has 2 rings (SSSR count). The lowest BCUT2D eigenvalue weighted by Gasteiger charge is -2.02. The summed E-state index contributed by atoms with van der Waals surface area (Å²) in [6.07, 6.45) is 1.55. The molecule has 0 saturated carbocycles. The van der Waals surface area contributed by atoms with Crippen LogP contribution in [0.2, 0.25) is 0 Å². The monoisotopic (exact) mass is 266 g/mol. The van der Waals surface area contributed by atoms with Crippen LogP contribution in [0.15, 0.2) is 46.6 Å². The number of nitrogens with zero attached hydrogens (tertiary/aromatic N) is 2. The maximum absolute atomic E-state index is 10.8. The Morgan fingerprint density at radius 3 is 1.50 bits per heavy atom. The summed E-state index contributed by atoms with van der Waals surface area (Å²) in [7, 11) is 0. The average Bonchev–Trinajstić information content (AvgIpc) is 2.48. The van der Waals surface area contributed by atoms with Crippen molar-refractivity contribution in [2.45, 2.75) is 13.8 Å². The summed E-state index contributed by atoms with van der Waals surface area (Å²) in [5.41, 5.74) is 4.27. The highest BCUT2D eigenvalue weighted by Crippen LogP contribution is 2.25. The zero-order valence-corrected chi connectivity index (χ0v) is 11.3. The zero-order valence-electron chi connectivity index (χ0n) is 11.3. The van der Waals surface area contributed by atoms with Gasteiger partial charge in [-0.15, -0.1) is 0 Å². The van der Waals surface area contributed by atoms with Crippen LogP contribution in [0, 0.1) is 13.8 Å². The van der Waals surface area contributed by atoms with Crippen molar-refractivity contribution in [2.24, 2.45) is 10.2 Å². The number of azo groups is 1. The number of aldehydes is 2. The molecule has 4 nitrogen and oxygen atoms in total. The minimum absolute atomic E-state index is 0.558. The number of carbonyl (C=O) groups excluding carboxylic acids is 2. The topological polar surface area (TPSA) is 58.9 Å². The molecular formula is C16H14N2O2. The third-order valence-corrected chi connectivity index (χ3v) is 3.00. The van der Waals surface area contributed by atoms with Gasteiger partial charge in [0.2, 0.25) is 0 Å². The fraction of sp³-hybridized carbons (Fsp3) is 0.125. The van der Waals surface area contributed by atoms with Crippen LogP contribution in [-0.2, 0) is 0 Å². The highest BCUT2D eigenvalue weighted by atomic mass is 16.1. The Balaban J connectivity index is 2.38. The summed E-state index contributed by atoms with van der Waals surface area (Å²) >= 11 is 0. The summed E-state index contributed by atoms with van der Waals surface area (Å²) in [5, 5.41) is 8.34. The molecule has 0 aliphatic rings. The van der Waals surface area contributed by atoms with E-state index in [1.54, 1.807) is 24.3 Å². The fourth-order valence-electron chi connectivity index (χ4n) is 1.72. The van der Waals surface area contributed by atoms with E-state index in [1.165, 1.54) is 0 Å². The number of rotatable bonds is 4. The minimum atomic E-state index is 0.558. The first-order valence-corrected chi connectivity index (χ1v) is 6.17. The molecule has 100 valence electrons. The maximum atomic E-state index is 10.8. The molecule has 0 aromatic heterocycles. The standard InChI is InChI=1S/C16H14N2O2/c1-11-3-5-13(9-19)7-15(11)17-18-16-8-14(10-20)6-4-12(16)2/h3-10H,1-2H3. The smallest absolute Gasteiger partial charge is 0.150 e. The van der Waals surface area contributed by atoms with Crippen molar-refractivity contribution in [3.05, 3.63) is 58.7 Å². The number of aryl methyl sites for hydroxylation is 2. The Labute approximate surface area is 117 Å². The summed E-state index contributed by atoms with van der Waals surface area (Å²) in [6, 6.07) is 10.5. The van der Waals surface area contributed by atoms with Crippen LogP contribution >= 0.6 is 0 Å². The van der Waals surface area contributed by atoms with E-state index in [0.29, 0.717) is 22.5 Å². The van der Waals surface area contributed by atoms with E-state index in [9.17, 15) is 9.59 Å². The van der Waals surface area contributed by atoms with Crippen LogP contribution in [-0.4, -0.2) is 12.6 Å². The molecule has 0 aliphatic carbocycles. The molecule has 0 fully saturated rings. The first-order chi connectivity index (χ1) is 9.63. The Morgan fingerprint density at radius 2 is 1.15 bits per heavy atom. The largest absolute Gasteiger partial charge is 0.298 e. The van der Waals surface area contributed by atoms with Gasteiger partial charge in [0.25, 0.3) is 0 Å². The maximum Gasteiger partial charge on any atom is 0.150 e. The van der Waals surface area contributed by atoms with Gasteiger partial charge in [-0.25, -0.2) is 0 Å². The molecule has 0 radical (unpaired) electrons. The number of benzene rings is 2. The highest BCUT2D eigenvalue weighted by Gasteiger charge is 2.01. The molecule has 0 spiro atoms. The normalized spacial score (nSPS) is 10.7.